The van der Waals surface area contributed by atoms with Crippen LogP contribution >= 0.6 is 0 Å². The van der Waals surface area contributed by atoms with Crippen molar-refractivity contribution in [3.05, 3.63) is 54.1 Å². The molecule has 0 aliphatic heterocycles. The van der Waals surface area contributed by atoms with E-state index in [9.17, 15) is 5.11 Å². The van der Waals surface area contributed by atoms with Crippen molar-refractivity contribution in [1.82, 2.24) is 0 Å². The van der Waals surface area contributed by atoms with Gasteiger partial charge >= 0.3 is 0 Å². The molecule has 0 saturated heterocycles. The molecule has 4 heteroatoms. The molecule has 4 nitrogen and oxygen atoms in total. The van der Waals surface area contributed by atoms with Crippen molar-refractivity contribution >= 4 is 11.4 Å². The molecule has 0 saturated carbocycles. The quantitative estimate of drug-likeness (QED) is 0.792. The van der Waals surface area contributed by atoms with Crippen LogP contribution in [0.15, 0.2) is 48.5 Å². The molecular formula is C16H20N2O2. The molecule has 0 aliphatic rings. The highest BCUT2D eigenvalue weighted by molar-refractivity contribution is 5.60. The number of nitrogens with zero attached hydrogens (tertiary/aromatic N) is 1. The number of aliphatic hydroxyl groups is 1. The molecular weight excluding hydrogens is 252 g/mol. The summed E-state index contributed by atoms with van der Waals surface area (Å²) in [5.74, 6) is 0.719. The number of anilines is 2. The number of rotatable bonds is 6. The Morgan fingerprint density at radius 3 is 2.55 bits per heavy atom. The van der Waals surface area contributed by atoms with E-state index < -0.39 is 0 Å². The lowest BCUT2D eigenvalue weighted by Gasteiger charge is -2.25. The number of nitrogens with two attached hydrogens (primary N) is 1. The second-order valence-corrected chi connectivity index (χ2v) is 4.60. The van der Waals surface area contributed by atoms with Crippen LogP contribution in [0.25, 0.3) is 0 Å². The minimum Gasteiger partial charge on any atom is -0.497 e. The maximum Gasteiger partial charge on any atom is 0.122 e. The first-order valence-electron chi connectivity index (χ1n) is 6.57. The number of methoxy groups -OCH3 is 1. The summed E-state index contributed by atoms with van der Waals surface area (Å²) in [6.07, 6.45) is 0. The Morgan fingerprint density at radius 2 is 1.90 bits per heavy atom. The second kappa shape index (κ2) is 6.82. The molecule has 2 aromatic rings. The summed E-state index contributed by atoms with van der Waals surface area (Å²) < 4.78 is 5.25. The van der Waals surface area contributed by atoms with Gasteiger partial charge in [-0.25, -0.2) is 0 Å². The summed E-state index contributed by atoms with van der Waals surface area (Å²) in [5.41, 5.74) is 8.67. The first-order chi connectivity index (χ1) is 9.72. The summed E-state index contributed by atoms with van der Waals surface area (Å²) >= 11 is 0. The van der Waals surface area contributed by atoms with Gasteiger partial charge in [-0.2, -0.15) is 0 Å². The number of ether oxygens (including phenoxy) is 1. The van der Waals surface area contributed by atoms with E-state index >= 15 is 0 Å². The Kier molecular flexibility index (Phi) is 4.85. The number of aliphatic hydroxyl groups excluding tert-OH is 1. The van der Waals surface area contributed by atoms with Gasteiger partial charge in [0.1, 0.15) is 5.75 Å². The van der Waals surface area contributed by atoms with E-state index in [1.54, 1.807) is 13.2 Å². The molecule has 0 aliphatic carbocycles. The van der Waals surface area contributed by atoms with Gasteiger partial charge in [-0.3, -0.25) is 0 Å². The van der Waals surface area contributed by atoms with E-state index in [4.69, 9.17) is 10.5 Å². The Labute approximate surface area is 119 Å². The van der Waals surface area contributed by atoms with E-state index in [1.165, 1.54) is 5.56 Å². The van der Waals surface area contributed by atoms with Crippen molar-refractivity contribution < 1.29 is 9.84 Å². The second-order valence-electron chi connectivity index (χ2n) is 4.60. The monoisotopic (exact) mass is 272 g/mol. The number of nitrogen functional groups attached to an aromatic ring is 1. The van der Waals surface area contributed by atoms with Crippen LogP contribution in [0.2, 0.25) is 0 Å². The lowest BCUT2D eigenvalue weighted by Crippen LogP contribution is -2.26. The van der Waals surface area contributed by atoms with E-state index in [0.717, 1.165) is 11.4 Å². The van der Waals surface area contributed by atoms with Gasteiger partial charge < -0.3 is 20.5 Å². The minimum atomic E-state index is 0.0873. The third-order valence-corrected chi connectivity index (χ3v) is 3.10. The molecule has 0 bridgehead atoms. The smallest absolute Gasteiger partial charge is 0.122 e. The van der Waals surface area contributed by atoms with Gasteiger partial charge in [-0.1, -0.05) is 30.3 Å². The molecule has 3 N–H and O–H groups in total. The van der Waals surface area contributed by atoms with Gasteiger partial charge in [-0.05, 0) is 11.6 Å². The highest BCUT2D eigenvalue weighted by atomic mass is 16.5. The average Bonchev–Trinajstić information content (AvgIpc) is 2.47. The fourth-order valence-electron chi connectivity index (χ4n) is 2.13. The van der Waals surface area contributed by atoms with Crippen molar-refractivity contribution in [2.24, 2.45) is 0 Å². The van der Waals surface area contributed by atoms with E-state index in [2.05, 4.69) is 17.0 Å². The standard InChI is InChI=1S/C16H20N2O2/c1-20-16-10-14(17)9-15(11-16)18(7-8-19)12-13-5-3-2-4-6-13/h2-6,9-11,19H,7-8,12,17H2,1H3. The molecule has 0 heterocycles. The minimum absolute atomic E-state index is 0.0873. The molecule has 0 spiro atoms. The molecule has 0 fully saturated rings. The Bertz CT molecular complexity index is 543. The molecule has 0 atom stereocenters. The maximum absolute atomic E-state index is 9.27. The van der Waals surface area contributed by atoms with E-state index in [-0.39, 0.29) is 6.61 Å². The predicted molar refractivity (Wildman–Crippen MR) is 82.0 cm³/mol. The van der Waals surface area contributed by atoms with E-state index in [0.29, 0.717) is 18.8 Å². The van der Waals surface area contributed by atoms with Gasteiger partial charge in [0, 0.05) is 36.6 Å². The van der Waals surface area contributed by atoms with Crippen molar-refractivity contribution in [1.29, 1.82) is 0 Å². The normalized spacial score (nSPS) is 10.3. The van der Waals surface area contributed by atoms with Crippen LogP contribution in [0, 0.1) is 0 Å². The van der Waals surface area contributed by atoms with Crippen LogP contribution < -0.4 is 15.4 Å². The van der Waals surface area contributed by atoms with Crippen molar-refractivity contribution in [2.45, 2.75) is 6.54 Å². The lowest BCUT2D eigenvalue weighted by atomic mass is 10.2. The first kappa shape index (κ1) is 14.2. The van der Waals surface area contributed by atoms with Crippen molar-refractivity contribution in [3.63, 3.8) is 0 Å². The van der Waals surface area contributed by atoms with Crippen LogP contribution in [0.4, 0.5) is 11.4 Å². The SMILES string of the molecule is COc1cc(N)cc(N(CCO)Cc2ccccc2)c1. The highest BCUT2D eigenvalue weighted by Crippen LogP contribution is 2.26. The Morgan fingerprint density at radius 1 is 1.15 bits per heavy atom. The average molecular weight is 272 g/mol. The summed E-state index contributed by atoms with van der Waals surface area (Å²) in [6, 6.07) is 15.7. The lowest BCUT2D eigenvalue weighted by molar-refractivity contribution is 0.301. The van der Waals surface area contributed by atoms with Crippen molar-refractivity contribution in [2.75, 3.05) is 30.9 Å². The summed E-state index contributed by atoms with van der Waals surface area (Å²) in [4.78, 5) is 2.08. The molecule has 20 heavy (non-hydrogen) atoms. The third kappa shape index (κ3) is 3.65. The number of hydrogen-bond acceptors (Lipinski definition) is 4. The van der Waals surface area contributed by atoms with Crippen molar-refractivity contribution in [3.8, 4) is 5.75 Å². The third-order valence-electron chi connectivity index (χ3n) is 3.10. The molecule has 2 aromatic carbocycles. The largest absolute Gasteiger partial charge is 0.497 e. The zero-order chi connectivity index (χ0) is 14.4. The summed E-state index contributed by atoms with van der Waals surface area (Å²) in [7, 11) is 1.62. The Hall–Kier alpha value is -2.20. The molecule has 0 aromatic heterocycles. The topological polar surface area (TPSA) is 58.7 Å². The van der Waals surface area contributed by atoms with Crippen LogP contribution in [-0.2, 0) is 6.54 Å². The molecule has 2 rings (SSSR count). The van der Waals surface area contributed by atoms with Gasteiger partial charge in [0.15, 0.2) is 0 Å². The van der Waals surface area contributed by atoms with Gasteiger partial charge in [0.25, 0.3) is 0 Å². The molecule has 0 amide bonds. The molecule has 106 valence electrons. The summed E-state index contributed by atoms with van der Waals surface area (Å²) in [6.45, 7) is 1.35. The van der Waals surface area contributed by atoms with E-state index in [1.807, 2.05) is 30.3 Å². The molecule has 0 radical (unpaired) electrons. The van der Waals surface area contributed by atoms with Gasteiger partial charge in [0.2, 0.25) is 0 Å². The highest BCUT2D eigenvalue weighted by Gasteiger charge is 2.09. The fraction of sp³-hybridized carbons (Fsp3) is 0.250. The van der Waals surface area contributed by atoms with Gasteiger partial charge in [-0.15, -0.1) is 0 Å². The molecule has 0 unspecified atom stereocenters. The predicted octanol–water partition coefficient (Wildman–Crippen LogP) is 2.28. The van der Waals surface area contributed by atoms with Crippen LogP contribution in [0.3, 0.4) is 0 Å². The van der Waals surface area contributed by atoms with Gasteiger partial charge in [0.05, 0.1) is 13.7 Å². The van der Waals surface area contributed by atoms with Crippen LogP contribution in [-0.4, -0.2) is 25.4 Å². The first-order valence-corrected chi connectivity index (χ1v) is 6.57. The fourth-order valence-corrected chi connectivity index (χ4v) is 2.13. The maximum atomic E-state index is 9.27. The summed E-state index contributed by atoms with van der Waals surface area (Å²) in [5, 5.41) is 9.27. The zero-order valence-corrected chi connectivity index (χ0v) is 11.6. The zero-order valence-electron chi connectivity index (χ0n) is 11.6. The Balaban J connectivity index is 2.26. The van der Waals surface area contributed by atoms with Crippen LogP contribution in [0.5, 0.6) is 5.75 Å². The number of benzene rings is 2. The number of hydrogen-bond donors (Lipinski definition) is 2. The van der Waals surface area contributed by atoms with Crippen LogP contribution in [0.1, 0.15) is 5.56 Å².